The van der Waals surface area contributed by atoms with Crippen molar-refractivity contribution in [1.82, 2.24) is 10.2 Å². The molecule has 0 amide bonds. The predicted octanol–water partition coefficient (Wildman–Crippen LogP) is 4.83. The molecule has 0 aliphatic heterocycles. The van der Waals surface area contributed by atoms with Crippen LogP contribution in [-0.2, 0) is 0 Å². The van der Waals surface area contributed by atoms with Gasteiger partial charge in [-0.05, 0) is 57.4 Å². The number of benzene rings is 1. The topological polar surface area (TPSA) is 15.3 Å². The fourth-order valence-corrected chi connectivity index (χ4v) is 3.86. The lowest BCUT2D eigenvalue weighted by Gasteiger charge is -2.27. The molecule has 0 heterocycles. The van der Waals surface area contributed by atoms with Crippen LogP contribution >= 0.6 is 39.3 Å². The summed E-state index contributed by atoms with van der Waals surface area (Å²) in [5.74, 6) is 1.17. The van der Waals surface area contributed by atoms with Gasteiger partial charge in [-0.3, -0.25) is 0 Å². The van der Waals surface area contributed by atoms with Crippen LogP contribution < -0.4 is 5.32 Å². The second kappa shape index (κ2) is 10.1. The lowest BCUT2D eigenvalue weighted by Crippen LogP contribution is -2.34. The Hall–Kier alpha value is 0.260. The van der Waals surface area contributed by atoms with Crippen molar-refractivity contribution >= 4 is 39.3 Å². The fraction of sp³-hybridized carbons (Fsp3) is 0.625. The first-order valence-electron chi connectivity index (χ1n) is 7.37. The normalized spacial score (nSPS) is 14.4. The summed E-state index contributed by atoms with van der Waals surface area (Å²) in [5, 5.41) is 4.38. The van der Waals surface area contributed by atoms with E-state index in [0.717, 1.165) is 29.0 Å². The smallest absolute Gasteiger partial charge is 0.0465 e. The minimum Gasteiger partial charge on any atom is -0.310 e. The van der Waals surface area contributed by atoms with Gasteiger partial charge in [0.05, 0.1) is 0 Å². The van der Waals surface area contributed by atoms with E-state index in [1.807, 2.05) is 17.8 Å². The van der Waals surface area contributed by atoms with Gasteiger partial charge in [0.1, 0.15) is 0 Å². The predicted molar refractivity (Wildman–Crippen MR) is 101 cm³/mol. The maximum absolute atomic E-state index is 6.40. The van der Waals surface area contributed by atoms with Crippen molar-refractivity contribution in [2.75, 3.05) is 32.1 Å². The van der Waals surface area contributed by atoms with Gasteiger partial charge in [-0.1, -0.05) is 40.5 Å². The Morgan fingerprint density at radius 2 is 2.14 bits per heavy atom. The van der Waals surface area contributed by atoms with Gasteiger partial charge in [0, 0.05) is 27.3 Å². The van der Waals surface area contributed by atoms with Crippen molar-refractivity contribution < 1.29 is 0 Å². The van der Waals surface area contributed by atoms with E-state index in [-0.39, 0.29) is 0 Å². The van der Waals surface area contributed by atoms with Crippen molar-refractivity contribution in [2.24, 2.45) is 0 Å². The maximum atomic E-state index is 6.40. The summed E-state index contributed by atoms with van der Waals surface area (Å²) in [6, 6.07) is 7.06. The van der Waals surface area contributed by atoms with Gasteiger partial charge in [-0.15, -0.1) is 0 Å². The first kappa shape index (κ1) is 19.3. The lowest BCUT2D eigenvalue weighted by molar-refractivity contribution is 0.260. The summed E-state index contributed by atoms with van der Waals surface area (Å²) >= 11 is 11.8. The molecule has 0 aromatic heterocycles. The number of hydrogen-bond acceptors (Lipinski definition) is 3. The van der Waals surface area contributed by atoms with Crippen LogP contribution in [0.1, 0.15) is 31.9 Å². The standard InChI is InChI=1S/C16H26BrClN2S/c1-5-19-16(8-9-20(3)12(2)11-21-4)14-7-6-13(17)10-15(14)18/h6-7,10,12,16,19H,5,8-9,11H2,1-4H3. The van der Waals surface area contributed by atoms with Gasteiger partial charge in [-0.25, -0.2) is 0 Å². The summed E-state index contributed by atoms with van der Waals surface area (Å²) in [4.78, 5) is 2.42. The number of nitrogens with one attached hydrogen (secondary N) is 1. The molecular formula is C16H26BrClN2S. The Balaban J connectivity index is 2.69. The van der Waals surface area contributed by atoms with Crippen molar-refractivity contribution in [3.8, 4) is 0 Å². The van der Waals surface area contributed by atoms with Crippen molar-refractivity contribution in [3.63, 3.8) is 0 Å². The highest BCUT2D eigenvalue weighted by Gasteiger charge is 2.16. The molecule has 0 bridgehead atoms. The second-order valence-corrected chi connectivity index (χ2v) is 7.58. The number of halogens is 2. The van der Waals surface area contributed by atoms with Crippen LogP contribution in [-0.4, -0.2) is 43.1 Å². The monoisotopic (exact) mass is 392 g/mol. The molecule has 0 saturated carbocycles. The highest BCUT2D eigenvalue weighted by molar-refractivity contribution is 9.10. The van der Waals surface area contributed by atoms with E-state index in [2.05, 4.69) is 65.4 Å². The third-order valence-electron chi connectivity index (χ3n) is 3.72. The van der Waals surface area contributed by atoms with Crippen LogP contribution in [0.15, 0.2) is 22.7 Å². The first-order chi connectivity index (χ1) is 9.99. The molecule has 0 radical (unpaired) electrons. The summed E-state index contributed by atoms with van der Waals surface area (Å²) < 4.78 is 1.03. The van der Waals surface area contributed by atoms with E-state index in [0.29, 0.717) is 12.1 Å². The molecule has 1 aromatic rings. The van der Waals surface area contributed by atoms with E-state index in [4.69, 9.17) is 11.6 Å². The molecule has 21 heavy (non-hydrogen) atoms. The van der Waals surface area contributed by atoms with E-state index < -0.39 is 0 Å². The Morgan fingerprint density at radius 3 is 2.71 bits per heavy atom. The third-order valence-corrected chi connectivity index (χ3v) is 5.36. The molecular weight excluding hydrogens is 368 g/mol. The molecule has 5 heteroatoms. The van der Waals surface area contributed by atoms with Crippen molar-refractivity contribution in [2.45, 2.75) is 32.4 Å². The number of hydrogen-bond donors (Lipinski definition) is 1. The number of rotatable bonds is 9. The third kappa shape index (κ3) is 6.49. The Kier molecular flexibility index (Phi) is 9.30. The second-order valence-electron chi connectivity index (χ2n) is 5.35. The van der Waals surface area contributed by atoms with Crippen molar-refractivity contribution in [1.29, 1.82) is 0 Å². The SMILES string of the molecule is CCNC(CCN(C)C(C)CSC)c1ccc(Br)cc1Cl. The van der Waals surface area contributed by atoms with E-state index in [1.165, 1.54) is 11.3 Å². The molecule has 1 rings (SSSR count). The Labute approximate surface area is 147 Å². The Morgan fingerprint density at radius 1 is 1.43 bits per heavy atom. The quantitative estimate of drug-likeness (QED) is 0.647. The molecule has 0 fully saturated rings. The minimum absolute atomic E-state index is 0.305. The zero-order valence-electron chi connectivity index (χ0n) is 13.3. The lowest BCUT2D eigenvalue weighted by atomic mass is 10.0. The number of nitrogens with zero attached hydrogens (tertiary/aromatic N) is 1. The van der Waals surface area contributed by atoms with Crippen LogP contribution in [0.25, 0.3) is 0 Å². The van der Waals surface area contributed by atoms with Gasteiger partial charge >= 0.3 is 0 Å². The van der Waals surface area contributed by atoms with Gasteiger partial charge in [0.2, 0.25) is 0 Å². The first-order valence-corrected chi connectivity index (χ1v) is 9.93. The molecule has 2 atom stereocenters. The molecule has 1 aromatic carbocycles. The van der Waals surface area contributed by atoms with Crippen LogP contribution in [0.5, 0.6) is 0 Å². The molecule has 0 saturated heterocycles. The minimum atomic E-state index is 0.305. The van der Waals surface area contributed by atoms with Crippen LogP contribution in [0.2, 0.25) is 5.02 Å². The molecule has 2 nitrogen and oxygen atoms in total. The molecule has 0 aliphatic rings. The zero-order chi connectivity index (χ0) is 15.8. The largest absolute Gasteiger partial charge is 0.310 e. The van der Waals surface area contributed by atoms with Crippen LogP contribution in [0.4, 0.5) is 0 Å². The van der Waals surface area contributed by atoms with Gasteiger partial charge in [0.15, 0.2) is 0 Å². The molecule has 1 N–H and O–H groups in total. The van der Waals surface area contributed by atoms with Gasteiger partial charge < -0.3 is 10.2 Å². The summed E-state index contributed by atoms with van der Waals surface area (Å²) in [5.41, 5.74) is 1.19. The Bertz CT molecular complexity index is 431. The summed E-state index contributed by atoms with van der Waals surface area (Å²) in [6.45, 7) is 6.43. The molecule has 2 unspecified atom stereocenters. The van der Waals surface area contributed by atoms with E-state index >= 15 is 0 Å². The molecule has 0 aliphatic carbocycles. The van der Waals surface area contributed by atoms with Crippen molar-refractivity contribution in [3.05, 3.63) is 33.3 Å². The average molecular weight is 394 g/mol. The highest BCUT2D eigenvalue weighted by atomic mass is 79.9. The fourth-order valence-electron chi connectivity index (χ4n) is 2.32. The highest BCUT2D eigenvalue weighted by Crippen LogP contribution is 2.28. The van der Waals surface area contributed by atoms with Crippen LogP contribution in [0, 0.1) is 0 Å². The summed E-state index contributed by atoms with van der Waals surface area (Å²) in [6.07, 6.45) is 3.22. The summed E-state index contributed by atoms with van der Waals surface area (Å²) in [7, 11) is 2.20. The zero-order valence-corrected chi connectivity index (χ0v) is 16.5. The van der Waals surface area contributed by atoms with Crippen LogP contribution in [0.3, 0.4) is 0 Å². The van der Waals surface area contributed by atoms with Gasteiger partial charge in [-0.2, -0.15) is 11.8 Å². The van der Waals surface area contributed by atoms with Gasteiger partial charge in [0.25, 0.3) is 0 Å². The van der Waals surface area contributed by atoms with E-state index in [9.17, 15) is 0 Å². The average Bonchev–Trinajstić information content (AvgIpc) is 2.44. The number of thioether (sulfide) groups is 1. The molecule has 0 spiro atoms. The maximum Gasteiger partial charge on any atom is 0.0465 e. The molecule has 120 valence electrons. The van der Waals surface area contributed by atoms with E-state index in [1.54, 1.807) is 0 Å².